The zero-order valence-corrected chi connectivity index (χ0v) is 34.4. The maximum Gasteiger partial charge on any atom is 2.00 e. The fraction of sp³-hybridized carbons (Fsp3) is 0.714. The molecule has 0 atom stereocenters. The summed E-state index contributed by atoms with van der Waals surface area (Å²) in [7, 11) is 3.14. The first-order valence-corrected chi connectivity index (χ1v) is 19.7. The number of amides is 1. The molecule has 246 valence electrons. The predicted octanol–water partition coefficient (Wildman–Crippen LogP) is 3.46. The van der Waals surface area contributed by atoms with Crippen LogP contribution in [-0.2, 0) is 28.7 Å². The predicted molar refractivity (Wildman–Crippen MR) is 191 cm³/mol. The molecule has 0 N–H and O–H groups in total. The minimum atomic E-state index is -0.0602. The Morgan fingerprint density at radius 2 is 1.35 bits per heavy atom. The van der Waals surface area contributed by atoms with Crippen LogP contribution in [0.1, 0.15) is 47.5 Å². The quantitative estimate of drug-likeness (QED) is 0.130. The molecule has 0 aliphatic carbocycles. The van der Waals surface area contributed by atoms with Crippen LogP contribution in [0.2, 0.25) is 0 Å². The van der Waals surface area contributed by atoms with E-state index < -0.39 is 0 Å². The fourth-order valence-corrected chi connectivity index (χ4v) is 10.7. The molecule has 0 aromatic carbocycles. The van der Waals surface area contributed by atoms with E-state index in [9.17, 15) is 14.4 Å². The van der Waals surface area contributed by atoms with Gasteiger partial charge in [0.1, 0.15) is 13.7 Å². The van der Waals surface area contributed by atoms with Crippen molar-refractivity contribution in [2.75, 3.05) is 61.9 Å². The Morgan fingerprint density at radius 3 is 1.67 bits per heavy atom. The van der Waals surface area contributed by atoms with Gasteiger partial charge in [-0.3, -0.25) is 20.0 Å². The van der Waals surface area contributed by atoms with Crippen molar-refractivity contribution >= 4 is 111 Å². The zero-order chi connectivity index (χ0) is 31.0. The molecule has 0 aromatic heterocycles. The van der Waals surface area contributed by atoms with Crippen molar-refractivity contribution in [1.29, 1.82) is 0 Å². The molecular formula is C28H47BrMgNO6S6-. The Morgan fingerprint density at radius 1 is 0.907 bits per heavy atom. The van der Waals surface area contributed by atoms with Crippen LogP contribution in [0.15, 0.2) is 17.2 Å². The summed E-state index contributed by atoms with van der Waals surface area (Å²) in [4.78, 5) is 38.4. The number of hydrogen-bond acceptors (Lipinski definition) is 12. The van der Waals surface area contributed by atoms with Crippen LogP contribution in [0.5, 0.6) is 0 Å². The van der Waals surface area contributed by atoms with E-state index in [0.29, 0.717) is 6.61 Å². The van der Waals surface area contributed by atoms with Gasteiger partial charge in [0, 0.05) is 48.2 Å². The maximum atomic E-state index is 11.3. The van der Waals surface area contributed by atoms with E-state index in [1.54, 1.807) is 83.7 Å². The molecule has 0 spiro atoms. The Balaban J connectivity index is -0.000000480. The summed E-state index contributed by atoms with van der Waals surface area (Å²) in [6.45, 7) is 17.8. The summed E-state index contributed by atoms with van der Waals surface area (Å²) in [5.41, 5.74) is 2.02. The number of hydroxylamine groups is 2. The van der Waals surface area contributed by atoms with Gasteiger partial charge in [-0.25, -0.2) is 16.5 Å². The Hall–Kier alpha value is 1.36. The van der Waals surface area contributed by atoms with Gasteiger partial charge < -0.3 is 33.0 Å². The van der Waals surface area contributed by atoms with Crippen LogP contribution in [-0.4, -0.2) is 121 Å². The molecule has 0 saturated carbocycles. The third kappa shape index (κ3) is 27.1. The molecule has 0 radical (unpaired) electrons. The molecule has 0 bridgehead atoms. The number of carbonyl (C=O) groups is 3. The zero-order valence-electron chi connectivity index (χ0n) is 26.5. The molecule has 43 heavy (non-hydrogen) atoms. The van der Waals surface area contributed by atoms with Crippen molar-refractivity contribution in [3.05, 3.63) is 30.4 Å². The molecule has 15 heteroatoms. The van der Waals surface area contributed by atoms with Crippen LogP contribution in [0.25, 0.3) is 0 Å². The third-order valence-corrected chi connectivity index (χ3v) is 13.4. The Bertz CT molecular complexity index is 776. The monoisotopic (exact) mass is 788 g/mol. The largest absolute Gasteiger partial charge is 2.00 e. The summed E-state index contributed by atoms with van der Waals surface area (Å²) in [5, 5.41) is 1.29. The molecule has 1 amide bonds. The number of ketones is 1. The molecule has 4 saturated heterocycles. The van der Waals surface area contributed by atoms with Crippen molar-refractivity contribution in [1.82, 2.24) is 5.06 Å². The molecule has 4 rings (SSSR count). The number of ether oxygens (including phenoxy) is 2. The number of thioether (sulfide) groups is 6. The van der Waals surface area contributed by atoms with Gasteiger partial charge >= 0.3 is 29.0 Å². The standard InChI is InChI=1S/C8H12OS2.C6H11NO2S2.C6H10O2S2.C4H7O.C4H7.BrH.Mg/c1-6(2)5-7(9)8-10-3-4-11-8;1-7(9-2)5(8)6-10-3-4-11-6;1-2-8-5(7)6-9-3-4-10-6;1-2-4-5-3-1;1-4(2)3;;/h5,8H,3-4H2,1-2H3;6H,3-4H2,1-2H3;6H,2-4H2,1H3;3H,1-2,4H2;1H,2-3H3;1H;/q;;;2*-1;;+2/p-1. The van der Waals surface area contributed by atoms with Gasteiger partial charge in [-0.2, -0.15) is 6.42 Å². The summed E-state index contributed by atoms with van der Waals surface area (Å²) < 4.78 is 9.96. The van der Waals surface area contributed by atoms with Crippen molar-refractivity contribution < 1.29 is 45.7 Å². The SMILES string of the molecule is CC(C)=CC(=O)C1SCCS1.CCOC(=O)C1SCCS1.CON(C)C(=O)C1SCCS1.[Br-].[CH-]1CCCO1.[CH-]=C(C)C.[Mg+2]. The average Bonchev–Trinajstić information content (AvgIpc) is 3.76. The normalized spacial score (nSPS) is 17.4. The molecular weight excluding hydrogens is 743 g/mol. The molecule has 4 aliphatic heterocycles. The number of esters is 1. The second-order valence-electron chi connectivity index (χ2n) is 8.87. The average molecular weight is 790 g/mol. The second-order valence-corrected chi connectivity index (χ2v) is 17.0. The number of rotatable bonds is 6. The molecule has 4 heterocycles. The van der Waals surface area contributed by atoms with Crippen LogP contribution < -0.4 is 17.0 Å². The van der Waals surface area contributed by atoms with E-state index in [4.69, 9.17) is 20.9 Å². The first-order valence-electron chi connectivity index (χ1n) is 13.4. The van der Waals surface area contributed by atoms with E-state index >= 15 is 0 Å². The van der Waals surface area contributed by atoms with Crippen LogP contribution >= 0.6 is 70.6 Å². The Labute approximate surface area is 312 Å². The van der Waals surface area contributed by atoms with Gasteiger partial charge in [0.15, 0.2) is 5.78 Å². The van der Waals surface area contributed by atoms with Gasteiger partial charge in [0.25, 0.3) is 5.91 Å². The number of halogens is 1. The Kier molecular flexibility index (Phi) is 36.2. The van der Waals surface area contributed by atoms with Crippen molar-refractivity contribution in [3.8, 4) is 0 Å². The topological polar surface area (TPSA) is 82.1 Å². The number of allylic oxidation sites excluding steroid dienone is 3. The van der Waals surface area contributed by atoms with Crippen molar-refractivity contribution in [2.45, 2.75) is 61.2 Å². The molecule has 4 fully saturated rings. The van der Waals surface area contributed by atoms with Gasteiger partial charge in [-0.1, -0.05) is 25.8 Å². The van der Waals surface area contributed by atoms with Crippen molar-refractivity contribution in [2.24, 2.45) is 0 Å². The fourth-order valence-electron chi connectivity index (χ4n) is 2.74. The summed E-state index contributed by atoms with van der Waals surface area (Å²) in [6, 6.07) is 0. The third-order valence-electron chi connectivity index (χ3n) is 4.50. The molecule has 0 unspecified atom stereocenters. The van der Waals surface area contributed by atoms with Crippen LogP contribution in [0.3, 0.4) is 0 Å². The second kappa shape index (κ2) is 31.9. The van der Waals surface area contributed by atoms with E-state index in [2.05, 4.69) is 0 Å². The number of nitrogens with zero attached hydrogens (tertiary/aromatic N) is 1. The minimum absolute atomic E-state index is 0. The van der Waals surface area contributed by atoms with E-state index in [1.165, 1.54) is 18.6 Å². The minimum Gasteiger partial charge on any atom is -1.00 e. The first-order chi connectivity index (χ1) is 19.5. The summed E-state index contributed by atoms with van der Waals surface area (Å²) in [6.07, 6.45) is 4.12. The number of hydrogen-bond donors (Lipinski definition) is 0. The number of carbonyl (C=O) groups excluding carboxylic acids is 3. The van der Waals surface area contributed by atoms with Gasteiger partial charge in [0.05, 0.1) is 13.7 Å². The summed E-state index contributed by atoms with van der Waals surface area (Å²) in [5.74, 6) is 6.81. The first kappa shape index (κ1) is 48.8. The van der Waals surface area contributed by atoms with Gasteiger partial charge in [-0.05, 0) is 26.8 Å². The maximum absolute atomic E-state index is 11.3. The van der Waals surface area contributed by atoms with Crippen LogP contribution in [0.4, 0.5) is 0 Å². The molecule has 4 aliphatic rings. The van der Waals surface area contributed by atoms with E-state index in [0.717, 1.165) is 58.7 Å². The van der Waals surface area contributed by atoms with Gasteiger partial charge in [-0.15, -0.1) is 70.6 Å². The summed E-state index contributed by atoms with van der Waals surface area (Å²) >= 11 is 10.3. The smallest absolute Gasteiger partial charge is 1.00 e. The van der Waals surface area contributed by atoms with Gasteiger partial charge in [0.2, 0.25) is 0 Å². The molecule has 0 aromatic rings. The van der Waals surface area contributed by atoms with Crippen LogP contribution in [0, 0.1) is 13.2 Å². The van der Waals surface area contributed by atoms with Crippen molar-refractivity contribution in [3.63, 3.8) is 0 Å². The van der Waals surface area contributed by atoms with E-state index in [-0.39, 0.29) is 71.4 Å². The molecule has 7 nitrogen and oxygen atoms in total. The van der Waals surface area contributed by atoms with E-state index in [1.807, 2.05) is 41.2 Å².